The number of hydrogen-bond donors (Lipinski definition) is 0. The maximum Gasteiger partial charge on any atom is 0.312 e. The van der Waals surface area contributed by atoms with Crippen molar-refractivity contribution in [3.63, 3.8) is 0 Å². The number of carbonyl (C=O) groups excluding carboxylic acids is 1. The van der Waals surface area contributed by atoms with E-state index in [0.717, 1.165) is 24.6 Å². The Morgan fingerprint density at radius 1 is 1.70 bits per heavy atom. The summed E-state index contributed by atoms with van der Waals surface area (Å²) in [4.78, 5) is 11.1. The molecule has 1 heterocycles. The molecule has 0 N–H and O–H groups in total. The highest BCUT2D eigenvalue weighted by Gasteiger charge is 2.57. The normalized spacial score (nSPS) is 34.5. The summed E-state index contributed by atoms with van der Waals surface area (Å²) in [6, 6.07) is 0. The number of hydrogen-bond acceptors (Lipinski definition) is 2. The zero-order chi connectivity index (χ0) is 7.19. The minimum absolute atomic E-state index is 0.0154. The Hall–Kier alpha value is -0.0500. The Kier molecular flexibility index (Phi) is 1.31. The number of ether oxygens (including phenoxy) is 1. The lowest BCUT2D eigenvalue weighted by molar-refractivity contribution is -0.144. The minimum Gasteiger partial charge on any atom is -0.461 e. The van der Waals surface area contributed by atoms with Crippen LogP contribution >= 0.6 is 15.9 Å². The van der Waals surface area contributed by atoms with Gasteiger partial charge in [-0.25, -0.2) is 0 Å². The second kappa shape index (κ2) is 1.97. The number of carbonyl (C=O) groups is 1. The third-order valence-corrected chi connectivity index (χ3v) is 3.07. The molecule has 2 fully saturated rings. The van der Waals surface area contributed by atoms with Crippen LogP contribution in [0.25, 0.3) is 0 Å². The van der Waals surface area contributed by atoms with E-state index in [4.69, 9.17) is 4.74 Å². The van der Waals surface area contributed by atoms with Crippen LogP contribution in [0.15, 0.2) is 0 Å². The van der Waals surface area contributed by atoms with Gasteiger partial charge in [0.1, 0.15) is 6.10 Å². The summed E-state index contributed by atoms with van der Waals surface area (Å²) in [7, 11) is 0. The van der Waals surface area contributed by atoms with E-state index in [2.05, 4.69) is 15.9 Å². The van der Waals surface area contributed by atoms with Crippen LogP contribution in [0, 0.1) is 5.41 Å². The zero-order valence-corrected chi connectivity index (χ0v) is 7.19. The van der Waals surface area contributed by atoms with Crippen LogP contribution in [0.4, 0.5) is 0 Å². The first-order valence-electron chi connectivity index (χ1n) is 3.54. The fraction of sp³-hybridized carbons (Fsp3) is 0.857. The van der Waals surface area contributed by atoms with E-state index in [-0.39, 0.29) is 17.5 Å². The smallest absolute Gasteiger partial charge is 0.312 e. The van der Waals surface area contributed by atoms with Crippen LogP contribution in [-0.2, 0) is 9.53 Å². The van der Waals surface area contributed by atoms with Gasteiger partial charge < -0.3 is 4.74 Å². The first-order valence-corrected chi connectivity index (χ1v) is 4.66. The van der Waals surface area contributed by atoms with Crippen molar-refractivity contribution < 1.29 is 9.53 Å². The molecule has 0 radical (unpaired) electrons. The van der Waals surface area contributed by atoms with Crippen molar-refractivity contribution >= 4 is 21.9 Å². The van der Waals surface area contributed by atoms with Gasteiger partial charge in [-0.15, -0.1) is 0 Å². The highest BCUT2D eigenvalue weighted by Crippen LogP contribution is 2.54. The third kappa shape index (κ3) is 0.797. The molecule has 1 spiro atoms. The van der Waals surface area contributed by atoms with Gasteiger partial charge in [0.2, 0.25) is 0 Å². The molecule has 1 saturated carbocycles. The molecule has 10 heavy (non-hydrogen) atoms. The molecule has 0 bridgehead atoms. The van der Waals surface area contributed by atoms with Crippen molar-refractivity contribution in [1.29, 1.82) is 0 Å². The predicted octanol–water partition coefficient (Wildman–Crippen LogP) is 1.48. The Morgan fingerprint density at radius 2 is 2.40 bits per heavy atom. The minimum atomic E-state index is -0.0154. The molecular formula is C7H9BrO2. The quantitative estimate of drug-likeness (QED) is 0.478. The largest absolute Gasteiger partial charge is 0.461 e. The SMILES string of the molecule is O=C1O[C@@H](CBr)CC12CC2. The lowest BCUT2D eigenvalue weighted by Gasteiger charge is -2.00. The van der Waals surface area contributed by atoms with Gasteiger partial charge >= 0.3 is 5.97 Å². The molecule has 1 saturated heterocycles. The highest BCUT2D eigenvalue weighted by molar-refractivity contribution is 9.09. The maximum absolute atomic E-state index is 11.1. The summed E-state index contributed by atoms with van der Waals surface area (Å²) < 4.78 is 5.10. The number of rotatable bonds is 1. The van der Waals surface area contributed by atoms with Crippen molar-refractivity contribution in [3.8, 4) is 0 Å². The van der Waals surface area contributed by atoms with Crippen LogP contribution in [-0.4, -0.2) is 17.4 Å². The molecule has 0 aromatic carbocycles. The molecule has 56 valence electrons. The van der Waals surface area contributed by atoms with Gasteiger partial charge in [-0.2, -0.15) is 0 Å². The summed E-state index contributed by atoms with van der Waals surface area (Å²) in [5.41, 5.74) is -0.0154. The second-order valence-electron chi connectivity index (χ2n) is 3.17. The average molecular weight is 205 g/mol. The van der Waals surface area contributed by atoms with Gasteiger partial charge in [-0.3, -0.25) is 4.79 Å². The fourth-order valence-corrected chi connectivity index (χ4v) is 1.84. The molecule has 0 amide bonds. The van der Waals surface area contributed by atoms with Crippen molar-refractivity contribution in [2.75, 3.05) is 5.33 Å². The molecule has 2 rings (SSSR count). The molecule has 1 aliphatic carbocycles. The second-order valence-corrected chi connectivity index (χ2v) is 3.81. The van der Waals surface area contributed by atoms with Gasteiger partial charge in [-0.05, 0) is 12.8 Å². The summed E-state index contributed by atoms with van der Waals surface area (Å²) in [5.74, 6) is 0.0388. The van der Waals surface area contributed by atoms with Crippen molar-refractivity contribution in [3.05, 3.63) is 0 Å². The molecule has 0 aromatic rings. The van der Waals surface area contributed by atoms with Crippen molar-refractivity contribution in [2.45, 2.75) is 25.4 Å². The van der Waals surface area contributed by atoms with Gasteiger partial charge in [-0.1, -0.05) is 15.9 Å². The molecule has 1 aliphatic heterocycles. The molecular weight excluding hydrogens is 196 g/mol. The van der Waals surface area contributed by atoms with E-state index >= 15 is 0 Å². The topological polar surface area (TPSA) is 26.3 Å². The van der Waals surface area contributed by atoms with Crippen LogP contribution in [0.1, 0.15) is 19.3 Å². The van der Waals surface area contributed by atoms with Crippen molar-refractivity contribution in [1.82, 2.24) is 0 Å². The summed E-state index contributed by atoms with van der Waals surface area (Å²) in [5, 5.41) is 0.792. The predicted molar refractivity (Wildman–Crippen MR) is 40.0 cm³/mol. The lowest BCUT2D eigenvalue weighted by Crippen LogP contribution is -2.07. The summed E-state index contributed by atoms with van der Waals surface area (Å²) >= 11 is 3.31. The molecule has 3 heteroatoms. The number of esters is 1. The van der Waals surface area contributed by atoms with Crippen LogP contribution in [0.2, 0.25) is 0 Å². The van der Waals surface area contributed by atoms with Gasteiger partial charge in [0.25, 0.3) is 0 Å². The summed E-state index contributed by atoms with van der Waals surface area (Å²) in [6.07, 6.45) is 3.19. The molecule has 0 aromatic heterocycles. The molecule has 2 nitrogen and oxygen atoms in total. The standard InChI is InChI=1S/C7H9BrO2/c8-4-5-3-7(1-2-7)6(9)10-5/h5H,1-4H2/t5-/m1/s1. The molecule has 0 unspecified atom stereocenters. The van der Waals surface area contributed by atoms with Crippen LogP contribution < -0.4 is 0 Å². The van der Waals surface area contributed by atoms with E-state index in [9.17, 15) is 4.79 Å². The number of cyclic esters (lactones) is 1. The Labute approximate surface area is 68.1 Å². The zero-order valence-electron chi connectivity index (χ0n) is 5.60. The number of alkyl halides is 1. The average Bonchev–Trinajstić information content (AvgIpc) is 2.60. The maximum atomic E-state index is 11.1. The van der Waals surface area contributed by atoms with E-state index in [1.165, 1.54) is 0 Å². The monoisotopic (exact) mass is 204 g/mol. The highest BCUT2D eigenvalue weighted by atomic mass is 79.9. The van der Waals surface area contributed by atoms with Gasteiger partial charge in [0.15, 0.2) is 0 Å². The lowest BCUT2D eigenvalue weighted by atomic mass is 10.0. The molecule has 2 aliphatic rings. The molecule has 1 atom stereocenters. The fourth-order valence-electron chi connectivity index (χ4n) is 1.48. The Bertz CT molecular complexity index is 174. The van der Waals surface area contributed by atoms with Gasteiger partial charge in [0.05, 0.1) is 5.41 Å². The Morgan fingerprint density at radius 3 is 2.70 bits per heavy atom. The van der Waals surface area contributed by atoms with E-state index in [0.29, 0.717) is 0 Å². The van der Waals surface area contributed by atoms with Crippen molar-refractivity contribution in [2.24, 2.45) is 5.41 Å². The van der Waals surface area contributed by atoms with Crippen LogP contribution in [0.5, 0.6) is 0 Å². The van der Waals surface area contributed by atoms with Crippen LogP contribution in [0.3, 0.4) is 0 Å². The number of halogens is 1. The first-order chi connectivity index (χ1) is 4.77. The summed E-state index contributed by atoms with van der Waals surface area (Å²) in [6.45, 7) is 0. The van der Waals surface area contributed by atoms with E-state index in [1.54, 1.807) is 0 Å². The Balaban J connectivity index is 2.08. The van der Waals surface area contributed by atoms with E-state index < -0.39 is 0 Å². The first kappa shape index (κ1) is 6.65. The third-order valence-electron chi connectivity index (χ3n) is 2.35. The van der Waals surface area contributed by atoms with E-state index in [1.807, 2.05) is 0 Å². The van der Waals surface area contributed by atoms with Gasteiger partial charge in [0, 0.05) is 11.8 Å².